The molecule has 0 aromatic heterocycles. The Kier molecular flexibility index (Phi) is 6.55. The number of amides is 2. The van der Waals surface area contributed by atoms with Gasteiger partial charge in [0.2, 0.25) is 11.8 Å². The lowest BCUT2D eigenvalue weighted by molar-refractivity contribution is -0.139. The third-order valence-corrected chi connectivity index (χ3v) is 1.81. The van der Waals surface area contributed by atoms with Crippen LogP contribution < -0.4 is 16.0 Å². The molecular formula is C9H16F3N3O2. The molecule has 2 amide bonds. The summed E-state index contributed by atoms with van der Waals surface area (Å²) < 4.78 is 35.4. The maximum atomic E-state index is 11.8. The number of carbonyl (C=O) groups is 2. The highest BCUT2D eigenvalue weighted by molar-refractivity contribution is 5.81. The van der Waals surface area contributed by atoms with Crippen LogP contribution in [0.15, 0.2) is 0 Å². The molecule has 0 aliphatic rings. The average molecular weight is 255 g/mol. The Hall–Kier alpha value is -1.31. The highest BCUT2D eigenvalue weighted by Gasteiger charge is 2.28. The van der Waals surface area contributed by atoms with E-state index in [1.54, 1.807) is 5.32 Å². The highest BCUT2D eigenvalue weighted by atomic mass is 19.4. The van der Waals surface area contributed by atoms with E-state index in [2.05, 4.69) is 10.6 Å². The second kappa shape index (κ2) is 7.10. The van der Waals surface area contributed by atoms with Crippen LogP contribution in [-0.4, -0.2) is 43.7 Å². The van der Waals surface area contributed by atoms with Gasteiger partial charge >= 0.3 is 6.18 Å². The van der Waals surface area contributed by atoms with Crippen LogP contribution in [-0.2, 0) is 9.59 Å². The largest absolute Gasteiger partial charge is 0.405 e. The van der Waals surface area contributed by atoms with Crippen molar-refractivity contribution in [2.45, 2.75) is 26.1 Å². The summed E-state index contributed by atoms with van der Waals surface area (Å²) in [7, 11) is 0. The van der Waals surface area contributed by atoms with E-state index in [4.69, 9.17) is 0 Å². The molecule has 0 aromatic rings. The minimum Gasteiger partial charge on any atom is -0.355 e. The summed E-state index contributed by atoms with van der Waals surface area (Å²) in [5, 5.41) is 6.92. The van der Waals surface area contributed by atoms with Crippen molar-refractivity contribution >= 4 is 11.8 Å². The zero-order valence-corrected chi connectivity index (χ0v) is 9.65. The van der Waals surface area contributed by atoms with Crippen LogP contribution in [0.1, 0.15) is 13.8 Å². The topological polar surface area (TPSA) is 70.2 Å². The standard InChI is InChI=1S/C9H16F3N3O2/c1-6(13-3-4-14-7(2)16)8(17)15-5-9(10,11)12/h6,13H,3-5H2,1-2H3,(H,14,16)(H,15,17). The molecule has 8 heteroatoms. The number of nitrogens with one attached hydrogen (secondary N) is 3. The van der Waals surface area contributed by atoms with Crippen LogP contribution in [0.5, 0.6) is 0 Å². The molecule has 0 spiro atoms. The molecule has 0 aliphatic heterocycles. The summed E-state index contributed by atoms with van der Waals surface area (Å²) >= 11 is 0. The van der Waals surface area contributed by atoms with E-state index in [-0.39, 0.29) is 5.91 Å². The molecule has 0 saturated carbocycles. The molecule has 0 bridgehead atoms. The molecule has 0 fully saturated rings. The summed E-state index contributed by atoms with van der Waals surface area (Å²) in [5.74, 6) is -0.939. The summed E-state index contributed by atoms with van der Waals surface area (Å²) in [6.45, 7) is 2.06. The number of alkyl halides is 3. The van der Waals surface area contributed by atoms with Gasteiger partial charge in [0.15, 0.2) is 0 Å². The van der Waals surface area contributed by atoms with Crippen LogP contribution in [0, 0.1) is 0 Å². The average Bonchev–Trinajstić information content (AvgIpc) is 2.19. The first-order chi connectivity index (χ1) is 7.72. The third-order valence-electron chi connectivity index (χ3n) is 1.81. The van der Waals surface area contributed by atoms with Gasteiger partial charge in [-0.3, -0.25) is 9.59 Å². The summed E-state index contributed by atoms with van der Waals surface area (Å²) in [5.41, 5.74) is 0. The van der Waals surface area contributed by atoms with Gasteiger partial charge in [-0.15, -0.1) is 0 Å². The molecule has 0 radical (unpaired) electrons. The molecule has 3 N–H and O–H groups in total. The molecule has 5 nitrogen and oxygen atoms in total. The van der Waals surface area contributed by atoms with Crippen molar-refractivity contribution in [3.8, 4) is 0 Å². The van der Waals surface area contributed by atoms with E-state index in [9.17, 15) is 22.8 Å². The van der Waals surface area contributed by atoms with Crippen molar-refractivity contribution in [3.63, 3.8) is 0 Å². The van der Waals surface area contributed by atoms with Crippen LogP contribution in [0.2, 0.25) is 0 Å². The molecule has 0 aliphatic carbocycles. The molecule has 0 heterocycles. The smallest absolute Gasteiger partial charge is 0.355 e. The lowest BCUT2D eigenvalue weighted by Gasteiger charge is -2.15. The summed E-state index contributed by atoms with van der Waals surface area (Å²) in [4.78, 5) is 21.6. The minimum atomic E-state index is -4.41. The van der Waals surface area contributed by atoms with Crippen molar-refractivity contribution < 1.29 is 22.8 Å². The van der Waals surface area contributed by atoms with Crippen molar-refractivity contribution in [2.24, 2.45) is 0 Å². The molecular weight excluding hydrogens is 239 g/mol. The Bertz CT molecular complexity index is 269. The van der Waals surface area contributed by atoms with Crippen LogP contribution in [0.4, 0.5) is 13.2 Å². The number of hydrogen-bond donors (Lipinski definition) is 3. The minimum absolute atomic E-state index is 0.207. The van der Waals surface area contributed by atoms with E-state index in [1.165, 1.54) is 13.8 Å². The Morgan fingerprint density at radius 1 is 1.18 bits per heavy atom. The lowest BCUT2D eigenvalue weighted by Crippen LogP contribution is -2.46. The molecule has 0 aromatic carbocycles. The summed E-state index contributed by atoms with van der Waals surface area (Å²) in [6.07, 6.45) is -4.41. The fourth-order valence-electron chi connectivity index (χ4n) is 0.960. The quantitative estimate of drug-likeness (QED) is 0.575. The molecule has 1 unspecified atom stereocenters. The van der Waals surface area contributed by atoms with Crippen LogP contribution in [0.3, 0.4) is 0 Å². The Morgan fingerprint density at radius 2 is 1.76 bits per heavy atom. The SMILES string of the molecule is CC(=O)NCCNC(C)C(=O)NCC(F)(F)F. The van der Waals surface area contributed by atoms with Crippen molar-refractivity contribution in [1.29, 1.82) is 0 Å². The highest BCUT2D eigenvalue weighted by Crippen LogP contribution is 2.12. The molecule has 0 saturated heterocycles. The summed E-state index contributed by atoms with van der Waals surface area (Å²) in [6, 6.07) is -0.744. The number of halogens is 3. The van der Waals surface area contributed by atoms with Crippen molar-refractivity contribution in [3.05, 3.63) is 0 Å². The third kappa shape index (κ3) is 9.61. The first-order valence-electron chi connectivity index (χ1n) is 5.04. The van der Waals surface area contributed by atoms with Gasteiger partial charge in [0.25, 0.3) is 0 Å². The van der Waals surface area contributed by atoms with Gasteiger partial charge in [0.05, 0.1) is 6.04 Å². The maximum Gasteiger partial charge on any atom is 0.405 e. The first-order valence-corrected chi connectivity index (χ1v) is 5.04. The predicted octanol–water partition coefficient (Wildman–Crippen LogP) is -0.221. The van der Waals surface area contributed by atoms with Gasteiger partial charge < -0.3 is 16.0 Å². The maximum absolute atomic E-state index is 11.8. The molecule has 0 rings (SSSR count). The van der Waals surface area contributed by atoms with Gasteiger partial charge in [0.1, 0.15) is 6.54 Å². The fraction of sp³-hybridized carbons (Fsp3) is 0.778. The normalized spacial score (nSPS) is 13.0. The lowest BCUT2D eigenvalue weighted by atomic mass is 10.3. The Labute approximate surface area is 97.1 Å². The number of hydrogen-bond acceptors (Lipinski definition) is 3. The zero-order valence-electron chi connectivity index (χ0n) is 9.65. The van der Waals surface area contributed by atoms with Gasteiger partial charge in [-0.05, 0) is 6.92 Å². The van der Waals surface area contributed by atoms with Crippen LogP contribution in [0.25, 0.3) is 0 Å². The molecule has 100 valence electrons. The van der Waals surface area contributed by atoms with E-state index < -0.39 is 24.7 Å². The van der Waals surface area contributed by atoms with Crippen LogP contribution >= 0.6 is 0 Å². The van der Waals surface area contributed by atoms with E-state index >= 15 is 0 Å². The number of rotatable bonds is 6. The predicted molar refractivity (Wildman–Crippen MR) is 55.2 cm³/mol. The second-order valence-corrected chi connectivity index (χ2v) is 3.49. The Morgan fingerprint density at radius 3 is 2.24 bits per heavy atom. The molecule has 17 heavy (non-hydrogen) atoms. The van der Waals surface area contributed by atoms with Crippen molar-refractivity contribution in [2.75, 3.05) is 19.6 Å². The fourth-order valence-corrected chi connectivity index (χ4v) is 0.960. The van der Waals surface area contributed by atoms with E-state index in [1.807, 2.05) is 0 Å². The van der Waals surface area contributed by atoms with Gasteiger partial charge in [-0.1, -0.05) is 0 Å². The second-order valence-electron chi connectivity index (χ2n) is 3.49. The monoisotopic (exact) mass is 255 g/mol. The van der Waals surface area contributed by atoms with Gasteiger partial charge in [0, 0.05) is 20.0 Å². The number of carbonyl (C=O) groups excluding carboxylic acids is 2. The van der Waals surface area contributed by atoms with Gasteiger partial charge in [-0.2, -0.15) is 13.2 Å². The first kappa shape index (κ1) is 15.7. The molecule has 1 atom stereocenters. The zero-order chi connectivity index (χ0) is 13.5. The van der Waals surface area contributed by atoms with E-state index in [0.717, 1.165) is 0 Å². The van der Waals surface area contributed by atoms with Crippen molar-refractivity contribution in [1.82, 2.24) is 16.0 Å². The van der Waals surface area contributed by atoms with Gasteiger partial charge in [-0.25, -0.2) is 0 Å². The van der Waals surface area contributed by atoms with E-state index in [0.29, 0.717) is 13.1 Å². The Balaban J connectivity index is 3.71.